The number of hydrogen-bond acceptors (Lipinski definition) is 10. The third kappa shape index (κ3) is 5.84. The number of aromatic nitrogens is 6. The van der Waals surface area contributed by atoms with Crippen molar-refractivity contribution in [1.29, 1.82) is 0 Å². The number of ether oxygens (including phenoxy) is 4. The predicted octanol–water partition coefficient (Wildman–Crippen LogP) is 5.08. The number of carbonyl (C=O) groups is 1. The van der Waals surface area contributed by atoms with Gasteiger partial charge in [0.2, 0.25) is 0 Å². The van der Waals surface area contributed by atoms with Crippen LogP contribution in [0.4, 0.5) is 19.0 Å². The largest absolute Gasteiger partial charge is 0.493 e. The molecule has 0 aliphatic carbocycles. The summed E-state index contributed by atoms with van der Waals surface area (Å²) in [5, 5.41) is 7.35. The molecule has 4 aromatic heterocycles. The summed E-state index contributed by atoms with van der Waals surface area (Å²) in [4.78, 5) is 28.7. The summed E-state index contributed by atoms with van der Waals surface area (Å²) < 4.78 is 62.4. The number of nitrogens with zero attached hydrogens (tertiary/aromatic N) is 6. The molecule has 0 radical (unpaired) electrons. The first-order valence-electron chi connectivity index (χ1n) is 12.3. The van der Waals surface area contributed by atoms with E-state index in [1.165, 1.54) is 32.7 Å². The third-order valence-electron chi connectivity index (χ3n) is 5.76. The fourth-order valence-electron chi connectivity index (χ4n) is 3.85. The molecule has 0 saturated carbocycles. The van der Waals surface area contributed by atoms with Crippen LogP contribution in [-0.4, -0.2) is 56.5 Å². The van der Waals surface area contributed by atoms with Gasteiger partial charge in [0.05, 0.1) is 51.1 Å². The van der Waals surface area contributed by atoms with Crippen molar-refractivity contribution in [2.45, 2.75) is 13.1 Å². The van der Waals surface area contributed by atoms with Crippen molar-refractivity contribution < 1.29 is 36.9 Å². The van der Waals surface area contributed by atoms with Gasteiger partial charge in [-0.3, -0.25) is 14.8 Å². The maximum atomic E-state index is 13.1. The van der Waals surface area contributed by atoms with E-state index in [2.05, 4.69) is 30.4 Å². The zero-order chi connectivity index (χ0) is 29.9. The number of anilines is 1. The molecule has 1 N–H and O–H groups in total. The van der Waals surface area contributed by atoms with Crippen LogP contribution in [0.2, 0.25) is 0 Å². The van der Waals surface area contributed by atoms with Crippen LogP contribution < -0.4 is 24.3 Å². The van der Waals surface area contributed by atoms with Gasteiger partial charge in [-0.25, -0.2) is 14.6 Å². The van der Waals surface area contributed by atoms with E-state index in [-0.39, 0.29) is 29.7 Å². The number of amides is 1. The normalized spacial score (nSPS) is 11.3. The number of fused-ring (bicyclic) bond motifs is 1. The minimum atomic E-state index is -4.70. The maximum Gasteiger partial charge on any atom is 0.434 e. The Morgan fingerprint density at radius 3 is 2.45 bits per heavy atom. The van der Waals surface area contributed by atoms with Crippen LogP contribution in [0.15, 0.2) is 61.3 Å². The molecule has 0 spiro atoms. The molecule has 5 aromatic rings. The number of halogens is 3. The topological polar surface area (TPSA) is 135 Å². The van der Waals surface area contributed by atoms with Crippen molar-refractivity contribution in [1.82, 2.24) is 29.7 Å². The Morgan fingerprint density at radius 2 is 1.76 bits per heavy atom. The number of carbonyl (C=O) groups excluding carboxylic acids is 1. The van der Waals surface area contributed by atoms with Crippen molar-refractivity contribution in [2.24, 2.45) is 0 Å². The van der Waals surface area contributed by atoms with E-state index in [1.54, 1.807) is 37.4 Å². The van der Waals surface area contributed by atoms with Crippen molar-refractivity contribution in [3.63, 3.8) is 0 Å². The van der Waals surface area contributed by atoms with Gasteiger partial charge >= 0.3 is 6.18 Å². The summed E-state index contributed by atoms with van der Waals surface area (Å²) in [6, 6.07) is 8.27. The molecule has 0 fully saturated rings. The average molecular weight is 582 g/mol. The Hall–Kier alpha value is -5.47. The van der Waals surface area contributed by atoms with Crippen LogP contribution in [0.25, 0.3) is 16.7 Å². The number of nitrogens with one attached hydrogen (secondary N) is 1. The second kappa shape index (κ2) is 11.6. The van der Waals surface area contributed by atoms with Gasteiger partial charge in [-0.2, -0.15) is 18.3 Å². The molecule has 0 atom stereocenters. The lowest BCUT2D eigenvalue weighted by molar-refractivity contribution is -0.141. The number of benzene rings is 1. The van der Waals surface area contributed by atoms with Crippen LogP contribution in [-0.2, 0) is 6.18 Å². The second-order valence-corrected chi connectivity index (χ2v) is 8.45. The minimum Gasteiger partial charge on any atom is -0.493 e. The van der Waals surface area contributed by atoms with E-state index in [0.29, 0.717) is 40.1 Å². The van der Waals surface area contributed by atoms with E-state index >= 15 is 0 Å². The molecular weight excluding hydrogens is 559 g/mol. The quantitative estimate of drug-likeness (QED) is 0.251. The maximum absolute atomic E-state index is 13.1. The molecule has 0 unspecified atom stereocenters. The van der Waals surface area contributed by atoms with Crippen LogP contribution in [0.3, 0.4) is 0 Å². The Balaban J connectivity index is 1.35. The molecular formula is C27H22F3N7O5. The van der Waals surface area contributed by atoms with Crippen LogP contribution in [0, 0.1) is 0 Å². The van der Waals surface area contributed by atoms with Gasteiger partial charge in [-0.15, -0.1) is 0 Å². The number of rotatable bonds is 9. The zero-order valence-electron chi connectivity index (χ0n) is 22.3. The third-order valence-corrected chi connectivity index (χ3v) is 5.76. The second-order valence-electron chi connectivity index (χ2n) is 8.45. The Labute approximate surface area is 236 Å². The highest BCUT2D eigenvalue weighted by Crippen LogP contribution is 2.37. The molecule has 0 saturated heterocycles. The van der Waals surface area contributed by atoms with E-state index < -0.39 is 17.8 Å². The molecule has 0 bridgehead atoms. The Kier molecular flexibility index (Phi) is 7.73. The summed E-state index contributed by atoms with van der Waals surface area (Å²) in [6.45, 7) is 1.86. The number of alkyl halides is 3. The zero-order valence-corrected chi connectivity index (χ0v) is 22.3. The fourth-order valence-corrected chi connectivity index (χ4v) is 3.85. The highest BCUT2D eigenvalue weighted by atomic mass is 19.4. The van der Waals surface area contributed by atoms with Gasteiger partial charge in [0.15, 0.2) is 34.5 Å². The molecule has 216 valence electrons. The monoisotopic (exact) mass is 581 g/mol. The van der Waals surface area contributed by atoms with E-state index in [0.717, 1.165) is 10.9 Å². The average Bonchev–Trinajstić information content (AvgIpc) is 3.41. The van der Waals surface area contributed by atoms with E-state index in [9.17, 15) is 18.0 Å². The molecule has 12 nitrogen and oxygen atoms in total. The van der Waals surface area contributed by atoms with Gasteiger partial charge in [-0.1, -0.05) is 0 Å². The SMILES string of the molecule is CCOc1cn(-c2cncc(C(F)(F)F)n2)nc1C(=O)Nc1ccc(Oc2ccnc3cc(OC)c(OC)cc23)cn1. The van der Waals surface area contributed by atoms with Gasteiger partial charge in [0, 0.05) is 17.6 Å². The molecule has 15 heteroatoms. The van der Waals surface area contributed by atoms with Crippen LogP contribution >= 0.6 is 0 Å². The van der Waals surface area contributed by atoms with Crippen molar-refractivity contribution >= 4 is 22.6 Å². The van der Waals surface area contributed by atoms with Crippen molar-refractivity contribution in [3.05, 3.63) is 72.7 Å². The molecule has 42 heavy (non-hydrogen) atoms. The first-order chi connectivity index (χ1) is 20.2. The molecule has 0 aliphatic rings. The van der Waals surface area contributed by atoms with Gasteiger partial charge in [-0.05, 0) is 31.2 Å². The number of pyridine rings is 2. The van der Waals surface area contributed by atoms with Crippen LogP contribution in [0.5, 0.6) is 28.7 Å². The molecule has 1 aromatic carbocycles. The standard InChI is InChI=1S/C27H22F3N7O5/c1-4-41-21-14-37(24-13-31-12-22(34-24)27(28,29)30)36-25(21)26(38)35-23-6-5-15(11-33-23)42-18-7-8-32-17-10-20(40-3)19(39-2)9-16(17)18/h5-14H,4H2,1-3H3,(H,33,35,38). The highest BCUT2D eigenvalue weighted by molar-refractivity contribution is 6.04. The van der Waals surface area contributed by atoms with Gasteiger partial charge in [0.25, 0.3) is 5.91 Å². The number of methoxy groups -OCH3 is 2. The Morgan fingerprint density at radius 1 is 0.976 bits per heavy atom. The first-order valence-corrected chi connectivity index (χ1v) is 12.3. The predicted molar refractivity (Wildman–Crippen MR) is 142 cm³/mol. The Bertz CT molecular complexity index is 1740. The molecule has 1 amide bonds. The first kappa shape index (κ1) is 28.1. The number of hydrogen-bond donors (Lipinski definition) is 1. The lowest BCUT2D eigenvalue weighted by atomic mass is 10.2. The summed E-state index contributed by atoms with van der Waals surface area (Å²) in [6.07, 6.45) is 1.21. The summed E-state index contributed by atoms with van der Waals surface area (Å²) in [5.41, 5.74) is -0.766. The summed E-state index contributed by atoms with van der Waals surface area (Å²) in [7, 11) is 3.06. The van der Waals surface area contributed by atoms with Crippen LogP contribution in [0.1, 0.15) is 23.1 Å². The van der Waals surface area contributed by atoms with E-state index in [1.807, 2.05) is 0 Å². The smallest absolute Gasteiger partial charge is 0.434 e. The van der Waals surface area contributed by atoms with E-state index in [4.69, 9.17) is 18.9 Å². The minimum absolute atomic E-state index is 0.0331. The lowest BCUT2D eigenvalue weighted by Gasteiger charge is -2.12. The van der Waals surface area contributed by atoms with Gasteiger partial charge < -0.3 is 24.3 Å². The highest BCUT2D eigenvalue weighted by Gasteiger charge is 2.33. The van der Waals surface area contributed by atoms with Crippen molar-refractivity contribution in [3.8, 4) is 34.6 Å². The fraction of sp³-hybridized carbons (Fsp3) is 0.185. The molecule has 4 heterocycles. The molecule has 0 aliphatic heterocycles. The summed E-state index contributed by atoms with van der Waals surface area (Å²) in [5.74, 6) is 1.13. The van der Waals surface area contributed by atoms with Crippen molar-refractivity contribution in [2.75, 3.05) is 26.1 Å². The van der Waals surface area contributed by atoms with Gasteiger partial charge in [0.1, 0.15) is 17.3 Å². The molecule has 5 rings (SSSR count). The summed E-state index contributed by atoms with van der Waals surface area (Å²) >= 11 is 0. The lowest BCUT2D eigenvalue weighted by Crippen LogP contribution is -2.16.